The Morgan fingerprint density at radius 3 is 3.11 bits per heavy atom. The van der Waals surface area contributed by atoms with Crippen molar-refractivity contribution in [2.75, 3.05) is 13.1 Å². The van der Waals surface area contributed by atoms with E-state index in [9.17, 15) is 0 Å². The van der Waals surface area contributed by atoms with Crippen LogP contribution in [-0.2, 0) is 0 Å². The molecule has 18 heavy (non-hydrogen) atoms. The van der Waals surface area contributed by atoms with Gasteiger partial charge in [0.15, 0.2) is 0 Å². The van der Waals surface area contributed by atoms with Gasteiger partial charge in [0.25, 0.3) is 0 Å². The van der Waals surface area contributed by atoms with E-state index in [1.165, 1.54) is 31.5 Å². The van der Waals surface area contributed by atoms with E-state index in [4.69, 9.17) is 4.42 Å². The molecule has 2 heteroatoms. The smallest absolute Gasteiger partial charge is 0.134 e. The van der Waals surface area contributed by atoms with Crippen molar-refractivity contribution in [1.82, 2.24) is 4.90 Å². The highest BCUT2D eigenvalue weighted by atomic mass is 16.3. The molecule has 3 heterocycles. The SMILES string of the molecule is C1=CC(c2ccc3cccc-3o2)N2CCCC1C2. The molecule has 0 saturated carbocycles. The van der Waals surface area contributed by atoms with Gasteiger partial charge in [-0.2, -0.15) is 0 Å². The van der Waals surface area contributed by atoms with Gasteiger partial charge in [0, 0.05) is 12.1 Å². The molecule has 1 fully saturated rings. The van der Waals surface area contributed by atoms with Gasteiger partial charge in [-0.05, 0) is 43.5 Å². The summed E-state index contributed by atoms with van der Waals surface area (Å²) in [5, 5.41) is 0. The number of hydrogen-bond donors (Lipinski definition) is 0. The van der Waals surface area contributed by atoms with Crippen LogP contribution in [-0.4, -0.2) is 18.0 Å². The fraction of sp³-hybridized carbons (Fsp3) is 0.375. The average Bonchev–Trinajstić information content (AvgIpc) is 2.86. The average molecular weight is 239 g/mol. The summed E-state index contributed by atoms with van der Waals surface area (Å²) >= 11 is 0. The van der Waals surface area contributed by atoms with E-state index in [0.717, 1.165) is 17.4 Å². The first-order valence-corrected chi connectivity index (χ1v) is 6.81. The predicted molar refractivity (Wildman–Crippen MR) is 71.5 cm³/mol. The third-order valence-corrected chi connectivity index (χ3v) is 4.20. The zero-order valence-corrected chi connectivity index (χ0v) is 10.4. The Morgan fingerprint density at radius 2 is 2.11 bits per heavy atom. The molecule has 0 radical (unpaired) electrons. The molecule has 3 unspecified atom stereocenters. The van der Waals surface area contributed by atoms with Crippen molar-refractivity contribution in [3.05, 3.63) is 48.2 Å². The van der Waals surface area contributed by atoms with Crippen molar-refractivity contribution in [3.63, 3.8) is 0 Å². The fourth-order valence-electron chi connectivity index (χ4n) is 3.25. The Hall–Kier alpha value is -1.54. The molecule has 4 rings (SSSR count). The molecule has 2 nitrogen and oxygen atoms in total. The number of fused-ring (bicyclic) bond motifs is 3. The monoisotopic (exact) mass is 239 g/mol. The van der Waals surface area contributed by atoms with Crippen molar-refractivity contribution in [3.8, 4) is 11.3 Å². The Labute approximate surface area is 107 Å². The quantitative estimate of drug-likeness (QED) is 0.705. The predicted octanol–water partition coefficient (Wildman–Crippen LogP) is 3.71. The van der Waals surface area contributed by atoms with Crippen LogP contribution in [0.2, 0.25) is 0 Å². The van der Waals surface area contributed by atoms with Gasteiger partial charge in [-0.3, -0.25) is 4.90 Å². The highest BCUT2D eigenvalue weighted by Gasteiger charge is 2.29. The molecule has 3 aliphatic heterocycles. The fourth-order valence-corrected chi connectivity index (χ4v) is 3.25. The minimum Gasteiger partial charge on any atom is -0.459 e. The number of rotatable bonds is 1. The summed E-state index contributed by atoms with van der Waals surface area (Å²) in [6, 6.07) is 10.8. The number of hydrogen-bond acceptors (Lipinski definition) is 2. The normalized spacial score (nSPS) is 30.8. The van der Waals surface area contributed by atoms with Crippen molar-refractivity contribution in [1.29, 1.82) is 0 Å². The highest BCUT2D eigenvalue weighted by molar-refractivity contribution is 5.60. The molecule has 92 valence electrons. The zero-order chi connectivity index (χ0) is 11.9. The van der Waals surface area contributed by atoms with E-state index < -0.39 is 0 Å². The van der Waals surface area contributed by atoms with Crippen LogP contribution >= 0.6 is 0 Å². The largest absolute Gasteiger partial charge is 0.459 e. The molecule has 4 aliphatic rings. The second-order valence-corrected chi connectivity index (χ2v) is 5.41. The second kappa shape index (κ2) is 3.99. The molecular weight excluding hydrogens is 222 g/mol. The van der Waals surface area contributed by atoms with Crippen molar-refractivity contribution >= 4 is 0 Å². The summed E-state index contributed by atoms with van der Waals surface area (Å²) in [7, 11) is 0. The molecule has 0 spiro atoms. The number of nitrogens with zero attached hydrogens (tertiary/aromatic N) is 1. The Morgan fingerprint density at radius 1 is 1.11 bits per heavy atom. The van der Waals surface area contributed by atoms with Crippen LogP contribution in [0.4, 0.5) is 0 Å². The van der Waals surface area contributed by atoms with Crippen LogP contribution < -0.4 is 0 Å². The van der Waals surface area contributed by atoms with E-state index in [-0.39, 0.29) is 0 Å². The van der Waals surface area contributed by atoms with Crippen molar-refractivity contribution in [2.45, 2.75) is 18.9 Å². The third-order valence-electron chi connectivity index (χ3n) is 4.20. The molecule has 1 aliphatic carbocycles. The molecular formula is C16H17NO. The second-order valence-electron chi connectivity index (χ2n) is 5.41. The molecule has 0 N–H and O–H groups in total. The summed E-state index contributed by atoms with van der Waals surface area (Å²) in [5.41, 5.74) is 1.19. The van der Waals surface area contributed by atoms with Crippen LogP contribution in [0.1, 0.15) is 24.6 Å². The molecule has 1 saturated heterocycles. The maximum atomic E-state index is 6.04. The topological polar surface area (TPSA) is 16.4 Å². The minimum atomic E-state index is 0.334. The third kappa shape index (κ3) is 1.60. The molecule has 0 aromatic carbocycles. The Kier molecular flexibility index (Phi) is 2.30. The van der Waals surface area contributed by atoms with Gasteiger partial charge in [0.05, 0.1) is 6.04 Å². The van der Waals surface area contributed by atoms with Gasteiger partial charge >= 0.3 is 0 Å². The van der Waals surface area contributed by atoms with Gasteiger partial charge in [0.2, 0.25) is 0 Å². The summed E-state index contributed by atoms with van der Waals surface area (Å²) in [6.07, 6.45) is 7.36. The summed E-state index contributed by atoms with van der Waals surface area (Å²) in [4.78, 5) is 2.54. The van der Waals surface area contributed by atoms with Crippen molar-refractivity contribution < 1.29 is 4.42 Å². The molecule has 0 aromatic heterocycles. The van der Waals surface area contributed by atoms with Crippen LogP contribution in [0.5, 0.6) is 0 Å². The zero-order valence-electron chi connectivity index (χ0n) is 10.4. The lowest BCUT2D eigenvalue weighted by atomic mass is 9.91. The van der Waals surface area contributed by atoms with Crippen molar-refractivity contribution in [2.24, 2.45) is 5.92 Å². The van der Waals surface area contributed by atoms with Crippen LogP contribution in [0.3, 0.4) is 0 Å². The summed E-state index contributed by atoms with van der Waals surface area (Å²) in [6.45, 7) is 2.38. The van der Waals surface area contributed by atoms with Gasteiger partial charge < -0.3 is 4.42 Å². The minimum absolute atomic E-state index is 0.334. The molecule has 3 atom stereocenters. The molecule has 0 amide bonds. The van der Waals surface area contributed by atoms with Gasteiger partial charge in [0.1, 0.15) is 11.5 Å². The van der Waals surface area contributed by atoms with E-state index in [2.05, 4.69) is 35.3 Å². The van der Waals surface area contributed by atoms with Gasteiger partial charge in [-0.1, -0.05) is 24.3 Å². The molecule has 2 bridgehead atoms. The maximum absolute atomic E-state index is 6.04. The van der Waals surface area contributed by atoms with Crippen LogP contribution in [0.15, 0.2) is 46.9 Å². The highest BCUT2D eigenvalue weighted by Crippen LogP contribution is 2.35. The maximum Gasteiger partial charge on any atom is 0.134 e. The standard InChI is InChI=1S/C16H17NO/c1-4-13-7-9-16(18-15(13)5-1)14-8-6-12-3-2-10-17(14)11-12/h1,4-9,12,14H,2-3,10-11H2. The summed E-state index contributed by atoms with van der Waals surface area (Å²) < 4.78 is 6.04. The molecule has 0 aromatic rings. The van der Waals surface area contributed by atoms with E-state index in [1.807, 2.05) is 12.1 Å². The Balaban J connectivity index is 1.74. The van der Waals surface area contributed by atoms with Gasteiger partial charge in [-0.25, -0.2) is 0 Å². The van der Waals surface area contributed by atoms with Crippen LogP contribution in [0.25, 0.3) is 11.3 Å². The first kappa shape index (κ1) is 10.4. The first-order chi connectivity index (χ1) is 8.90. The van der Waals surface area contributed by atoms with E-state index in [0.29, 0.717) is 6.04 Å². The first-order valence-electron chi connectivity index (χ1n) is 6.81. The summed E-state index contributed by atoms with van der Waals surface area (Å²) in [5.74, 6) is 2.84. The lowest BCUT2D eigenvalue weighted by molar-refractivity contribution is 0.136. The van der Waals surface area contributed by atoms with Crippen LogP contribution in [0, 0.1) is 5.92 Å². The van der Waals surface area contributed by atoms with E-state index >= 15 is 0 Å². The van der Waals surface area contributed by atoms with Gasteiger partial charge in [-0.15, -0.1) is 0 Å². The van der Waals surface area contributed by atoms with E-state index in [1.54, 1.807) is 0 Å². The lowest BCUT2D eigenvalue weighted by Gasteiger charge is -2.39. The Bertz CT molecular complexity index is 556. The number of piperidine rings is 1. The lowest BCUT2D eigenvalue weighted by Crippen LogP contribution is -2.39.